The third kappa shape index (κ3) is 9.11. The predicted octanol–water partition coefficient (Wildman–Crippen LogP) is 1.93. The average molecular weight is 730 g/mol. The fourth-order valence-corrected chi connectivity index (χ4v) is 6.26. The Morgan fingerprint density at radius 3 is 2.27 bits per heavy atom. The van der Waals surface area contributed by atoms with E-state index in [4.69, 9.17) is 44.8 Å². The van der Waals surface area contributed by atoms with Gasteiger partial charge >= 0.3 is 5.97 Å². The molecule has 0 aliphatic carbocycles. The number of fused-ring (bicyclic) bond motifs is 1. The molecule has 274 valence electrons. The number of benzene rings is 3. The van der Waals surface area contributed by atoms with E-state index >= 15 is 0 Å². The van der Waals surface area contributed by atoms with Crippen LogP contribution in [0.4, 0.5) is 5.69 Å². The summed E-state index contributed by atoms with van der Waals surface area (Å²) >= 11 is 6.18. The van der Waals surface area contributed by atoms with Gasteiger partial charge in [-0.25, -0.2) is 4.79 Å². The molecular formula is C36H40ClNO13. The number of amides is 1. The molecule has 51 heavy (non-hydrogen) atoms. The van der Waals surface area contributed by atoms with Crippen LogP contribution in [0.15, 0.2) is 78.9 Å². The van der Waals surface area contributed by atoms with E-state index in [9.17, 15) is 30.0 Å². The molecule has 3 aromatic carbocycles. The van der Waals surface area contributed by atoms with Gasteiger partial charge in [-0.2, -0.15) is 0 Å². The highest BCUT2D eigenvalue weighted by Gasteiger charge is 2.53. The van der Waals surface area contributed by atoms with Crippen LogP contribution in [0.25, 0.3) is 0 Å². The van der Waals surface area contributed by atoms with Gasteiger partial charge in [0.25, 0.3) is 0 Å². The van der Waals surface area contributed by atoms with Crippen LogP contribution in [0.2, 0.25) is 5.02 Å². The van der Waals surface area contributed by atoms with Crippen LogP contribution in [-0.4, -0.2) is 113 Å². The molecule has 0 saturated carbocycles. The smallest absolute Gasteiger partial charge is 0.338 e. The SMILES string of the molecule is CC(=O)Nc1cc(CO[C@@H]2O[C@@H](COC(=O)c3ccccc3)[C@H](O[C@H]3OC4CO[C@@H](Cc5ccccc5)OC4[C@H](O)[C@@H]3O)[C@H](O)[C@@H]2O)ccc1Cl. The molecule has 3 aliphatic rings. The lowest BCUT2D eigenvalue weighted by Crippen LogP contribution is -2.66. The standard InChI is InChI=1S/C36H40ClNO13/c1-19(39)38-24-14-21(12-13-23(24)37)16-47-35-30(42)28(40)33(26(48-35)18-46-34(44)22-10-6-3-7-11-22)51-36-31(43)29(41)32-25(49-36)17-45-27(50-32)15-20-8-4-2-5-9-20/h2-14,25-33,35-36,40-43H,15-18H2,1H3,(H,38,39)/t25?,26-,27+,28+,29+,30-,31-,32?,33-,35+,36+/m0/s1. The van der Waals surface area contributed by atoms with E-state index in [0.717, 1.165) is 5.56 Å². The molecule has 1 amide bonds. The molecule has 0 spiro atoms. The minimum absolute atomic E-state index is 0.0144. The highest BCUT2D eigenvalue weighted by atomic mass is 35.5. The molecule has 3 aliphatic heterocycles. The summed E-state index contributed by atoms with van der Waals surface area (Å²) in [6.45, 7) is 0.762. The van der Waals surface area contributed by atoms with Crippen molar-refractivity contribution < 1.29 is 63.2 Å². The quantitative estimate of drug-likeness (QED) is 0.180. The minimum Gasteiger partial charge on any atom is -0.459 e. The van der Waals surface area contributed by atoms with Crippen molar-refractivity contribution in [2.45, 2.75) is 87.7 Å². The van der Waals surface area contributed by atoms with E-state index in [-0.39, 0.29) is 24.7 Å². The fraction of sp³-hybridized carbons (Fsp3) is 0.444. The van der Waals surface area contributed by atoms with Crippen molar-refractivity contribution in [2.24, 2.45) is 0 Å². The normalized spacial score (nSPS) is 32.1. The third-order valence-corrected chi connectivity index (χ3v) is 9.05. The van der Waals surface area contributed by atoms with Crippen molar-refractivity contribution >= 4 is 29.2 Å². The summed E-state index contributed by atoms with van der Waals surface area (Å²) < 4.78 is 41.1. The number of carbonyl (C=O) groups is 2. The molecule has 3 fully saturated rings. The van der Waals surface area contributed by atoms with Gasteiger partial charge in [0, 0.05) is 13.3 Å². The number of aliphatic hydroxyl groups is 4. The number of esters is 1. The summed E-state index contributed by atoms with van der Waals surface area (Å²) in [4.78, 5) is 24.4. The highest BCUT2D eigenvalue weighted by Crippen LogP contribution is 2.34. The Morgan fingerprint density at radius 2 is 1.55 bits per heavy atom. The van der Waals surface area contributed by atoms with Crippen molar-refractivity contribution in [3.05, 3.63) is 101 Å². The number of nitrogens with one attached hydrogen (secondary N) is 1. The Labute approximate surface area is 298 Å². The van der Waals surface area contributed by atoms with Gasteiger partial charge in [-0.05, 0) is 35.4 Å². The maximum absolute atomic E-state index is 12.8. The Bertz CT molecular complexity index is 1620. The second-order valence-corrected chi connectivity index (χ2v) is 12.9. The van der Waals surface area contributed by atoms with Gasteiger partial charge in [0.2, 0.25) is 5.91 Å². The van der Waals surface area contributed by atoms with Crippen molar-refractivity contribution in [1.82, 2.24) is 0 Å². The first-order chi connectivity index (χ1) is 24.6. The van der Waals surface area contributed by atoms with Crippen molar-refractivity contribution in [3.8, 4) is 0 Å². The first kappa shape index (κ1) is 37.3. The summed E-state index contributed by atoms with van der Waals surface area (Å²) in [6.07, 6.45) is -14.2. The minimum atomic E-state index is -1.70. The molecule has 5 N–H and O–H groups in total. The largest absolute Gasteiger partial charge is 0.459 e. The Balaban J connectivity index is 1.14. The molecule has 3 aromatic rings. The Morgan fingerprint density at radius 1 is 0.843 bits per heavy atom. The van der Waals surface area contributed by atoms with Gasteiger partial charge in [-0.15, -0.1) is 0 Å². The molecule has 3 heterocycles. The number of hydrogen-bond donors (Lipinski definition) is 5. The van der Waals surface area contributed by atoms with E-state index in [0.29, 0.717) is 22.7 Å². The first-order valence-electron chi connectivity index (χ1n) is 16.5. The molecule has 11 atom stereocenters. The van der Waals surface area contributed by atoms with E-state index in [1.165, 1.54) is 6.92 Å². The number of aliphatic hydroxyl groups excluding tert-OH is 4. The monoisotopic (exact) mass is 729 g/mol. The van der Waals surface area contributed by atoms with Crippen LogP contribution in [0.3, 0.4) is 0 Å². The van der Waals surface area contributed by atoms with Gasteiger partial charge in [-0.3, -0.25) is 4.79 Å². The van der Waals surface area contributed by atoms with Gasteiger partial charge < -0.3 is 58.9 Å². The lowest BCUT2D eigenvalue weighted by atomic mass is 9.96. The molecule has 0 bridgehead atoms. The van der Waals surface area contributed by atoms with Gasteiger partial charge in [0.1, 0.15) is 55.4 Å². The number of halogens is 1. The molecule has 0 aromatic heterocycles. The highest BCUT2D eigenvalue weighted by molar-refractivity contribution is 6.33. The topological polar surface area (TPSA) is 192 Å². The second-order valence-electron chi connectivity index (χ2n) is 12.5. The maximum atomic E-state index is 12.8. The van der Waals surface area contributed by atoms with Crippen LogP contribution < -0.4 is 5.32 Å². The molecular weight excluding hydrogens is 690 g/mol. The summed E-state index contributed by atoms with van der Waals surface area (Å²) in [6, 6.07) is 22.5. The van der Waals surface area contributed by atoms with E-state index in [2.05, 4.69) is 5.32 Å². The van der Waals surface area contributed by atoms with E-state index < -0.39 is 80.3 Å². The summed E-state index contributed by atoms with van der Waals surface area (Å²) in [7, 11) is 0. The van der Waals surface area contributed by atoms with Crippen LogP contribution in [0.5, 0.6) is 0 Å². The van der Waals surface area contributed by atoms with Gasteiger partial charge in [0.05, 0.1) is 29.5 Å². The molecule has 15 heteroatoms. The average Bonchev–Trinajstić information content (AvgIpc) is 3.13. The lowest BCUT2D eigenvalue weighted by Gasteiger charge is -2.48. The zero-order chi connectivity index (χ0) is 36.1. The zero-order valence-corrected chi connectivity index (χ0v) is 28.3. The van der Waals surface area contributed by atoms with E-state index in [1.807, 2.05) is 30.3 Å². The van der Waals surface area contributed by atoms with Crippen LogP contribution >= 0.6 is 11.6 Å². The summed E-state index contributed by atoms with van der Waals surface area (Å²) in [5.41, 5.74) is 2.14. The van der Waals surface area contributed by atoms with Crippen LogP contribution in [0.1, 0.15) is 28.4 Å². The third-order valence-electron chi connectivity index (χ3n) is 8.72. The molecule has 2 unspecified atom stereocenters. The second kappa shape index (κ2) is 16.9. The Kier molecular flexibility index (Phi) is 12.3. The molecule has 6 rings (SSSR count). The number of carbonyl (C=O) groups excluding carboxylic acids is 2. The Hall–Kier alpha value is -3.51. The number of ether oxygens (including phenoxy) is 7. The number of rotatable bonds is 11. The number of anilines is 1. The molecule has 14 nitrogen and oxygen atoms in total. The first-order valence-corrected chi connectivity index (χ1v) is 16.8. The number of hydrogen-bond acceptors (Lipinski definition) is 13. The van der Waals surface area contributed by atoms with Gasteiger partial charge in [0.15, 0.2) is 18.9 Å². The van der Waals surface area contributed by atoms with Gasteiger partial charge in [-0.1, -0.05) is 66.2 Å². The maximum Gasteiger partial charge on any atom is 0.338 e. The molecule has 0 radical (unpaired) electrons. The predicted molar refractivity (Wildman–Crippen MR) is 178 cm³/mol. The van der Waals surface area contributed by atoms with Crippen LogP contribution in [0, 0.1) is 0 Å². The summed E-state index contributed by atoms with van der Waals surface area (Å²) in [5.74, 6) is -1.01. The zero-order valence-electron chi connectivity index (χ0n) is 27.5. The lowest BCUT2D eigenvalue weighted by molar-refractivity contribution is -0.384. The van der Waals surface area contributed by atoms with E-state index in [1.54, 1.807) is 48.5 Å². The summed E-state index contributed by atoms with van der Waals surface area (Å²) in [5, 5.41) is 47.6. The fourth-order valence-electron chi connectivity index (χ4n) is 6.09. The van der Waals surface area contributed by atoms with Crippen molar-refractivity contribution in [2.75, 3.05) is 18.5 Å². The molecule has 3 saturated heterocycles. The van der Waals surface area contributed by atoms with Crippen LogP contribution in [-0.2, 0) is 51.0 Å². The van der Waals surface area contributed by atoms with Crippen molar-refractivity contribution in [3.63, 3.8) is 0 Å². The van der Waals surface area contributed by atoms with Crippen molar-refractivity contribution in [1.29, 1.82) is 0 Å².